The van der Waals surface area contributed by atoms with Gasteiger partial charge in [-0.1, -0.05) is 24.3 Å². The summed E-state index contributed by atoms with van der Waals surface area (Å²) in [6, 6.07) is 6.35. The van der Waals surface area contributed by atoms with E-state index in [1.807, 2.05) is 0 Å². The number of Topliss-reactive ketones (excluding diaryl/α,β-unsaturated/α-hetero) is 1. The summed E-state index contributed by atoms with van der Waals surface area (Å²) in [5, 5.41) is 15.4. The lowest BCUT2D eigenvalue weighted by atomic mass is 10.1. The number of hydrogen-bond donors (Lipinski definition) is 2. The molecule has 5 nitrogen and oxygen atoms in total. The van der Waals surface area contributed by atoms with Crippen LogP contribution < -0.4 is 0 Å². The molecule has 0 aromatic heterocycles. The van der Waals surface area contributed by atoms with Crippen LogP contribution in [0, 0.1) is 5.41 Å². The van der Waals surface area contributed by atoms with Crippen LogP contribution in [0.15, 0.2) is 24.3 Å². The van der Waals surface area contributed by atoms with Crippen molar-refractivity contribution in [3.63, 3.8) is 0 Å². The summed E-state index contributed by atoms with van der Waals surface area (Å²) >= 11 is 0. The highest BCUT2D eigenvalue weighted by Crippen LogP contribution is 2.06. The second-order valence-electron chi connectivity index (χ2n) is 2.83. The quantitative estimate of drug-likeness (QED) is 0.259. The number of hydrogen-bond acceptors (Lipinski definition) is 5. The molecule has 80 valence electrons. The highest BCUT2D eigenvalue weighted by molar-refractivity contribution is 6.41. The van der Waals surface area contributed by atoms with E-state index in [-0.39, 0.29) is 6.61 Å². The molecule has 15 heavy (non-hydrogen) atoms. The van der Waals surface area contributed by atoms with Gasteiger partial charge in [-0.25, -0.2) is 4.89 Å². The van der Waals surface area contributed by atoms with Crippen molar-refractivity contribution < 1.29 is 19.7 Å². The number of carbonyl (C=O) groups excluding carboxylic acids is 1. The van der Waals surface area contributed by atoms with Crippen LogP contribution >= 0.6 is 0 Å². The largest absolute Gasteiger partial charge is 0.479 e. The van der Waals surface area contributed by atoms with E-state index in [4.69, 9.17) is 10.7 Å². The minimum absolute atomic E-state index is 0.0657. The summed E-state index contributed by atoms with van der Waals surface area (Å²) in [5.41, 5.74) is 1.10. The second kappa shape index (κ2) is 5.23. The fraction of sp³-hybridized carbons (Fsp3) is 0.200. The molecule has 5 heteroatoms. The molecule has 0 aliphatic rings. The van der Waals surface area contributed by atoms with E-state index >= 15 is 0 Å². The summed E-state index contributed by atoms with van der Waals surface area (Å²) in [6.07, 6.45) is 0. The molecule has 0 fully saturated rings. The standard InChI is InChI=1S/C10H11NO4/c1-14-10(11)9(12)8-4-2-7(3-5-8)6-15-13/h2-5,11,13H,6H2,1H3. The van der Waals surface area contributed by atoms with Crippen molar-refractivity contribution in [1.82, 2.24) is 0 Å². The first-order valence-electron chi connectivity index (χ1n) is 4.21. The molecule has 1 rings (SSSR count). The van der Waals surface area contributed by atoms with Crippen LogP contribution in [0.25, 0.3) is 0 Å². The molecular formula is C10H11NO4. The Morgan fingerprint density at radius 1 is 1.40 bits per heavy atom. The van der Waals surface area contributed by atoms with Gasteiger partial charge in [-0.2, -0.15) is 0 Å². The van der Waals surface area contributed by atoms with Crippen molar-refractivity contribution in [2.75, 3.05) is 7.11 Å². The van der Waals surface area contributed by atoms with Crippen LogP contribution in [0.1, 0.15) is 15.9 Å². The van der Waals surface area contributed by atoms with Gasteiger partial charge < -0.3 is 4.74 Å². The van der Waals surface area contributed by atoms with Gasteiger partial charge in [0.2, 0.25) is 5.78 Å². The number of nitrogens with one attached hydrogen (secondary N) is 1. The molecule has 1 aromatic carbocycles. The van der Waals surface area contributed by atoms with E-state index in [2.05, 4.69) is 9.62 Å². The van der Waals surface area contributed by atoms with Gasteiger partial charge in [0.25, 0.3) is 5.90 Å². The second-order valence-corrected chi connectivity index (χ2v) is 2.83. The zero-order valence-corrected chi connectivity index (χ0v) is 8.19. The van der Waals surface area contributed by atoms with Crippen LogP contribution in [0.5, 0.6) is 0 Å². The average Bonchev–Trinajstić information content (AvgIpc) is 2.28. The zero-order valence-electron chi connectivity index (χ0n) is 8.19. The Morgan fingerprint density at radius 2 is 2.00 bits per heavy atom. The molecule has 2 N–H and O–H groups in total. The molecule has 0 bridgehead atoms. The van der Waals surface area contributed by atoms with E-state index < -0.39 is 11.7 Å². The van der Waals surface area contributed by atoms with Crippen molar-refractivity contribution in [2.24, 2.45) is 0 Å². The molecule has 0 heterocycles. The van der Waals surface area contributed by atoms with Crippen molar-refractivity contribution >= 4 is 11.7 Å². The number of ether oxygens (including phenoxy) is 1. The molecule has 1 aromatic rings. The van der Waals surface area contributed by atoms with E-state index in [0.29, 0.717) is 5.56 Å². The molecule has 0 saturated heterocycles. The highest BCUT2D eigenvalue weighted by Gasteiger charge is 2.12. The fourth-order valence-electron chi connectivity index (χ4n) is 1.05. The number of carbonyl (C=O) groups is 1. The molecule has 0 atom stereocenters. The predicted octanol–water partition coefficient (Wildman–Crippen LogP) is 1.48. The van der Waals surface area contributed by atoms with Gasteiger partial charge >= 0.3 is 0 Å². The van der Waals surface area contributed by atoms with E-state index in [1.54, 1.807) is 24.3 Å². The molecule has 0 aliphatic carbocycles. The van der Waals surface area contributed by atoms with Gasteiger partial charge in [0.05, 0.1) is 7.11 Å². The number of ketones is 1. The maximum atomic E-state index is 11.4. The van der Waals surface area contributed by atoms with Crippen LogP contribution in [0.2, 0.25) is 0 Å². The van der Waals surface area contributed by atoms with E-state index in [9.17, 15) is 4.79 Å². The SMILES string of the molecule is COC(=N)C(=O)c1ccc(COO)cc1. The lowest BCUT2D eigenvalue weighted by molar-refractivity contribution is -0.253. The number of benzene rings is 1. The Kier molecular flexibility index (Phi) is 3.96. The maximum Gasteiger partial charge on any atom is 0.255 e. The van der Waals surface area contributed by atoms with Crippen molar-refractivity contribution in [3.8, 4) is 0 Å². The highest BCUT2D eigenvalue weighted by atomic mass is 17.1. The third-order valence-corrected chi connectivity index (χ3v) is 1.86. The van der Waals surface area contributed by atoms with Crippen LogP contribution in [0.4, 0.5) is 0 Å². The molecule has 0 radical (unpaired) electrons. The first-order valence-corrected chi connectivity index (χ1v) is 4.21. The van der Waals surface area contributed by atoms with Gasteiger partial charge in [0.1, 0.15) is 6.61 Å². The molecule has 0 unspecified atom stereocenters. The van der Waals surface area contributed by atoms with Crippen molar-refractivity contribution in [1.29, 1.82) is 5.41 Å². The average molecular weight is 209 g/mol. The first kappa shape index (κ1) is 11.4. The lowest BCUT2D eigenvalue weighted by Gasteiger charge is -2.02. The normalized spacial score (nSPS) is 9.73. The predicted molar refractivity (Wildman–Crippen MR) is 52.9 cm³/mol. The van der Waals surface area contributed by atoms with E-state index in [1.165, 1.54) is 7.11 Å². The molecule has 0 amide bonds. The summed E-state index contributed by atoms with van der Waals surface area (Å²) in [6.45, 7) is 0.0657. The van der Waals surface area contributed by atoms with E-state index in [0.717, 1.165) is 5.56 Å². The van der Waals surface area contributed by atoms with Gasteiger partial charge in [-0.15, -0.1) is 0 Å². The van der Waals surface area contributed by atoms with Gasteiger partial charge in [-0.3, -0.25) is 15.5 Å². The minimum Gasteiger partial charge on any atom is -0.479 e. The van der Waals surface area contributed by atoms with Gasteiger partial charge in [0.15, 0.2) is 0 Å². The topological polar surface area (TPSA) is 79.6 Å². The Morgan fingerprint density at radius 3 is 2.47 bits per heavy atom. The summed E-state index contributed by atoms with van der Waals surface area (Å²) in [5.74, 6) is -0.880. The molecule has 0 spiro atoms. The van der Waals surface area contributed by atoms with Crippen LogP contribution in [-0.4, -0.2) is 24.0 Å². The molecule has 0 aliphatic heterocycles. The summed E-state index contributed by atoms with van der Waals surface area (Å²) in [7, 11) is 1.27. The molecule has 0 saturated carbocycles. The Labute approximate surface area is 86.7 Å². The third kappa shape index (κ3) is 2.87. The smallest absolute Gasteiger partial charge is 0.255 e. The Bertz CT molecular complexity index is 358. The fourth-order valence-corrected chi connectivity index (χ4v) is 1.05. The Balaban J connectivity index is 2.80. The number of rotatable bonds is 4. The monoisotopic (exact) mass is 209 g/mol. The third-order valence-electron chi connectivity index (χ3n) is 1.86. The summed E-state index contributed by atoms with van der Waals surface area (Å²) in [4.78, 5) is 15.4. The Hall–Kier alpha value is -1.72. The van der Waals surface area contributed by atoms with Crippen molar-refractivity contribution in [2.45, 2.75) is 6.61 Å². The van der Waals surface area contributed by atoms with Crippen LogP contribution in [0.3, 0.4) is 0 Å². The number of methoxy groups -OCH3 is 1. The van der Waals surface area contributed by atoms with Gasteiger partial charge in [0, 0.05) is 5.56 Å². The van der Waals surface area contributed by atoms with Gasteiger partial charge in [-0.05, 0) is 5.56 Å². The molecular weight excluding hydrogens is 198 g/mol. The minimum atomic E-state index is -0.478. The van der Waals surface area contributed by atoms with Crippen molar-refractivity contribution in [3.05, 3.63) is 35.4 Å². The van der Waals surface area contributed by atoms with Crippen LogP contribution in [-0.2, 0) is 16.2 Å². The maximum absolute atomic E-state index is 11.4. The summed E-state index contributed by atoms with van der Waals surface area (Å²) < 4.78 is 4.51. The zero-order chi connectivity index (χ0) is 11.3. The lowest BCUT2D eigenvalue weighted by Crippen LogP contribution is -2.14. The first-order chi connectivity index (χ1) is 7.19.